The summed E-state index contributed by atoms with van der Waals surface area (Å²) < 4.78 is 4.26. The topological polar surface area (TPSA) is 67.4 Å². The molecule has 0 spiro atoms. The van der Waals surface area contributed by atoms with Crippen LogP contribution in [0.25, 0.3) is 0 Å². The third-order valence-electron chi connectivity index (χ3n) is 2.04. The van der Waals surface area contributed by atoms with Crippen LogP contribution < -0.4 is 10.6 Å². The molecule has 0 radical (unpaired) electrons. The number of carbonyl (C=O) groups is 2. The Labute approximate surface area is 76.8 Å². The van der Waals surface area contributed by atoms with Gasteiger partial charge in [-0.1, -0.05) is 0 Å². The number of nitrogens with one attached hydrogen (secondary N) is 2. The molecule has 0 aliphatic carbocycles. The molecular formula is C8H14N2O3. The van der Waals surface area contributed by atoms with Crippen LogP contribution in [0.15, 0.2) is 0 Å². The van der Waals surface area contributed by atoms with Crippen molar-refractivity contribution < 1.29 is 14.3 Å². The van der Waals surface area contributed by atoms with E-state index in [4.69, 9.17) is 0 Å². The van der Waals surface area contributed by atoms with E-state index in [1.807, 2.05) is 0 Å². The van der Waals surface area contributed by atoms with E-state index in [0.717, 1.165) is 19.4 Å². The van der Waals surface area contributed by atoms with E-state index in [1.54, 1.807) is 0 Å². The molecule has 0 aromatic carbocycles. The fourth-order valence-corrected chi connectivity index (χ4v) is 1.31. The molecule has 0 saturated carbocycles. The van der Waals surface area contributed by atoms with Gasteiger partial charge in [-0.05, 0) is 19.4 Å². The monoisotopic (exact) mass is 186 g/mol. The predicted octanol–water partition coefficient (Wildman–Crippen LogP) is -0.972. The van der Waals surface area contributed by atoms with Crippen molar-refractivity contribution in [2.75, 3.05) is 20.2 Å². The van der Waals surface area contributed by atoms with E-state index in [9.17, 15) is 9.59 Å². The maximum absolute atomic E-state index is 10.9. The highest BCUT2D eigenvalue weighted by atomic mass is 16.5. The van der Waals surface area contributed by atoms with Gasteiger partial charge in [-0.15, -0.1) is 0 Å². The van der Waals surface area contributed by atoms with Gasteiger partial charge in [-0.25, -0.2) is 4.79 Å². The van der Waals surface area contributed by atoms with Crippen molar-refractivity contribution in [3.8, 4) is 0 Å². The van der Waals surface area contributed by atoms with E-state index < -0.39 is 11.9 Å². The van der Waals surface area contributed by atoms with E-state index in [2.05, 4.69) is 15.4 Å². The molecule has 0 aromatic rings. The molecule has 1 aliphatic heterocycles. The minimum Gasteiger partial charge on any atom is -0.462 e. The lowest BCUT2D eigenvalue weighted by Gasteiger charge is -2.09. The lowest BCUT2D eigenvalue weighted by Crippen LogP contribution is -2.40. The zero-order valence-corrected chi connectivity index (χ0v) is 7.63. The maximum atomic E-state index is 10.9. The standard InChI is InChI=1S/C8H14N2O3/c1-13-8(12)7(11)10-5-6-3-2-4-9-6/h6,9H,2-5H2,1H3,(H,10,11)/t6-/m1/s1. The highest BCUT2D eigenvalue weighted by molar-refractivity contribution is 6.32. The van der Waals surface area contributed by atoms with Crippen LogP contribution in [0.2, 0.25) is 0 Å². The molecule has 1 saturated heterocycles. The van der Waals surface area contributed by atoms with Gasteiger partial charge in [0, 0.05) is 12.6 Å². The van der Waals surface area contributed by atoms with Crippen molar-refractivity contribution in [1.29, 1.82) is 0 Å². The zero-order valence-electron chi connectivity index (χ0n) is 7.63. The first-order chi connectivity index (χ1) is 6.24. The van der Waals surface area contributed by atoms with Gasteiger partial charge in [0.1, 0.15) is 0 Å². The molecule has 5 heteroatoms. The summed E-state index contributed by atoms with van der Waals surface area (Å²) in [6.45, 7) is 1.48. The third kappa shape index (κ3) is 3.02. The van der Waals surface area contributed by atoms with Gasteiger partial charge in [0.2, 0.25) is 0 Å². The van der Waals surface area contributed by atoms with Crippen molar-refractivity contribution >= 4 is 11.9 Å². The smallest absolute Gasteiger partial charge is 0.396 e. The average Bonchev–Trinajstić information content (AvgIpc) is 2.65. The van der Waals surface area contributed by atoms with Crippen LogP contribution in [0.3, 0.4) is 0 Å². The second-order valence-corrected chi connectivity index (χ2v) is 2.99. The maximum Gasteiger partial charge on any atom is 0.396 e. The third-order valence-corrected chi connectivity index (χ3v) is 2.04. The molecule has 1 fully saturated rings. The molecule has 5 nitrogen and oxygen atoms in total. The summed E-state index contributed by atoms with van der Waals surface area (Å²) in [7, 11) is 1.19. The van der Waals surface area contributed by atoms with E-state index in [1.165, 1.54) is 7.11 Å². The van der Waals surface area contributed by atoms with Crippen molar-refractivity contribution in [2.45, 2.75) is 18.9 Å². The number of esters is 1. The van der Waals surface area contributed by atoms with E-state index in [0.29, 0.717) is 12.6 Å². The van der Waals surface area contributed by atoms with Crippen molar-refractivity contribution in [1.82, 2.24) is 10.6 Å². The summed E-state index contributed by atoms with van der Waals surface area (Å²) in [6.07, 6.45) is 2.17. The summed E-state index contributed by atoms with van der Waals surface area (Å²) >= 11 is 0. The molecule has 74 valence electrons. The van der Waals surface area contributed by atoms with Gasteiger partial charge in [0.15, 0.2) is 0 Å². The SMILES string of the molecule is COC(=O)C(=O)NC[C@H]1CCCN1. The normalized spacial score (nSPS) is 21.2. The molecule has 1 amide bonds. The molecule has 0 unspecified atom stereocenters. The first-order valence-electron chi connectivity index (χ1n) is 4.33. The minimum absolute atomic E-state index is 0.300. The molecular weight excluding hydrogens is 172 g/mol. The number of ether oxygens (including phenoxy) is 1. The molecule has 1 atom stereocenters. The predicted molar refractivity (Wildman–Crippen MR) is 46.1 cm³/mol. The second-order valence-electron chi connectivity index (χ2n) is 2.99. The molecule has 13 heavy (non-hydrogen) atoms. The summed E-state index contributed by atoms with van der Waals surface area (Å²) in [6, 6.07) is 0.300. The fourth-order valence-electron chi connectivity index (χ4n) is 1.31. The number of amides is 1. The quantitative estimate of drug-likeness (QED) is 0.430. The largest absolute Gasteiger partial charge is 0.462 e. The summed E-state index contributed by atoms with van der Waals surface area (Å²) in [4.78, 5) is 21.6. The van der Waals surface area contributed by atoms with E-state index >= 15 is 0 Å². The second kappa shape index (κ2) is 4.81. The molecule has 2 N–H and O–H groups in total. The summed E-state index contributed by atoms with van der Waals surface area (Å²) in [5.74, 6) is -1.51. The molecule has 1 aliphatic rings. The number of rotatable bonds is 2. The fraction of sp³-hybridized carbons (Fsp3) is 0.750. The van der Waals surface area contributed by atoms with E-state index in [-0.39, 0.29) is 0 Å². The van der Waals surface area contributed by atoms with Gasteiger partial charge >= 0.3 is 11.9 Å². The van der Waals surface area contributed by atoms with Crippen LogP contribution in [0.5, 0.6) is 0 Å². The Morgan fingerprint density at radius 3 is 2.92 bits per heavy atom. The number of hydrogen-bond donors (Lipinski definition) is 2. The Balaban J connectivity index is 2.17. The lowest BCUT2D eigenvalue weighted by molar-refractivity contribution is -0.152. The van der Waals surface area contributed by atoms with Crippen LogP contribution in [0, 0.1) is 0 Å². The van der Waals surface area contributed by atoms with Crippen LogP contribution in [-0.4, -0.2) is 38.1 Å². The van der Waals surface area contributed by atoms with Crippen LogP contribution >= 0.6 is 0 Å². The summed E-state index contributed by atoms with van der Waals surface area (Å²) in [5, 5.41) is 5.70. The molecule has 1 rings (SSSR count). The van der Waals surface area contributed by atoms with Crippen LogP contribution in [0.1, 0.15) is 12.8 Å². The van der Waals surface area contributed by atoms with Crippen molar-refractivity contribution in [2.24, 2.45) is 0 Å². The lowest BCUT2D eigenvalue weighted by atomic mass is 10.2. The summed E-state index contributed by atoms with van der Waals surface area (Å²) in [5.41, 5.74) is 0. The number of hydrogen-bond acceptors (Lipinski definition) is 4. The highest BCUT2D eigenvalue weighted by Gasteiger charge is 2.18. The average molecular weight is 186 g/mol. The minimum atomic E-state index is -0.835. The zero-order chi connectivity index (χ0) is 9.68. The highest BCUT2D eigenvalue weighted by Crippen LogP contribution is 2.02. The van der Waals surface area contributed by atoms with Gasteiger partial charge in [0.25, 0.3) is 0 Å². The van der Waals surface area contributed by atoms with Gasteiger partial charge < -0.3 is 15.4 Å². The Morgan fingerprint density at radius 2 is 2.38 bits per heavy atom. The molecule has 0 aromatic heterocycles. The Morgan fingerprint density at radius 1 is 1.62 bits per heavy atom. The number of carbonyl (C=O) groups excluding carboxylic acids is 2. The Bertz CT molecular complexity index is 200. The Kier molecular flexibility index (Phi) is 3.70. The van der Waals surface area contributed by atoms with Crippen molar-refractivity contribution in [3.05, 3.63) is 0 Å². The number of methoxy groups -OCH3 is 1. The van der Waals surface area contributed by atoms with Gasteiger partial charge in [-0.3, -0.25) is 4.79 Å². The first kappa shape index (κ1) is 9.98. The van der Waals surface area contributed by atoms with Crippen molar-refractivity contribution in [3.63, 3.8) is 0 Å². The first-order valence-corrected chi connectivity index (χ1v) is 4.33. The van der Waals surface area contributed by atoms with Crippen LogP contribution in [0.4, 0.5) is 0 Å². The van der Waals surface area contributed by atoms with Gasteiger partial charge in [-0.2, -0.15) is 0 Å². The molecule has 1 heterocycles. The van der Waals surface area contributed by atoms with Gasteiger partial charge in [0.05, 0.1) is 7.11 Å². The molecule has 0 bridgehead atoms. The van der Waals surface area contributed by atoms with Crippen LogP contribution in [-0.2, 0) is 14.3 Å². The Hall–Kier alpha value is -1.10.